The predicted octanol–water partition coefficient (Wildman–Crippen LogP) is 2.30. The molecular weight excluding hydrogens is 277 g/mol. The van der Waals surface area contributed by atoms with Crippen LogP contribution < -0.4 is 5.32 Å². The van der Waals surface area contributed by atoms with Gasteiger partial charge >= 0.3 is 5.97 Å². The number of benzene rings is 1. The fourth-order valence-electron chi connectivity index (χ4n) is 1.13. The molecule has 1 amide bonds. The van der Waals surface area contributed by atoms with E-state index in [4.69, 9.17) is 23.2 Å². The summed E-state index contributed by atoms with van der Waals surface area (Å²) in [5.74, 6) is -0.918. The molecule has 0 saturated heterocycles. The largest absolute Gasteiger partial charge is 0.468 e. The molecule has 0 aliphatic carbocycles. The molecule has 18 heavy (non-hydrogen) atoms. The van der Waals surface area contributed by atoms with Gasteiger partial charge in [0, 0.05) is 16.1 Å². The fourth-order valence-corrected chi connectivity index (χ4v) is 1.68. The quantitative estimate of drug-likeness (QED) is 0.683. The van der Waals surface area contributed by atoms with Crippen molar-refractivity contribution in [3.05, 3.63) is 39.9 Å². The van der Waals surface area contributed by atoms with Gasteiger partial charge in [-0.3, -0.25) is 9.59 Å². The molecule has 0 radical (unpaired) electrons. The Balaban J connectivity index is 2.58. The molecule has 4 nitrogen and oxygen atoms in total. The summed E-state index contributed by atoms with van der Waals surface area (Å²) in [4.78, 5) is 22.1. The smallest absolute Gasteiger partial charge is 0.325 e. The maximum Gasteiger partial charge on any atom is 0.325 e. The van der Waals surface area contributed by atoms with Crippen LogP contribution in [-0.2, 0) is 14.3 Å². The van der Waals surface area contributed by atoms with Crippen LogP contribution in [0.15, 0.2) is 24.3 Å². The number of nitrogens with one attached hydrogen (secondary N) is 1. The number of hydrogen-bond donors (Lipinski definition) is 1. The monoisotopic (exact) mass is 287 g/mol. The molecule has 6 heteroatoms. The number of carbonyl (C=O) groups is 2. The van der Waals surface area contributed by atoms with Crippen molar-refractivity contribution in [2.45, 2.75) is 0 Å². The molecule has 0 unspecified atom stereocenters. The Morgan fingerprint density at radius 3 is 2.44 bits per heavy atom. The summed E-state index contributed by atoms with van der Waals surface area (Å²) in [5, 5.41) is 3.33. The Labute approximate surface area is 115 Å². The first-order valence-corrected chi connectivity index (χ1v) is 5.75. The van der Waals surface area contributed by atoms with E-state index in [2.05, 4.69) is 10.1 Å². The normalized spacial score (nSPS) is 10.4. The van der Waals surface area contributed by atoms with Gasteiger partial charge in [-0.15, -0.1) is 0 Å². The standard InChI is InChI=1S/C12H11Cl2NO3/c1-18-12(17)7-15-11(16)3-2-8-4-9(13)6-10(14)5-8/h2-6H,7H2,1H3,(H,15,16)/b3-2+. The van der Waals surface area contributed by atoms with Crippen LogP contribution >= 0.6 is 23.2 Å². The van der Waals surface area contributed by atoms with Crippen molar-refractivity contribution in [1.29, 1.82) is 0 Å². The number of carbonyl (C=O) groups excluding carboxylic acids is 2. The zero-order valence-electron chi connectivity index (χ0n) is 9.57. The minimum absolute atomic E-state index is 0.171. The first-order chi connectivity index (χ1) is 8.51. The van der Waals surface area contributed by atoms with E-state index in [0.29, 0.717) is 15.6 Å². The van der Waals surface area contributed by atoms with Gasteiger partial charge in [-0.2, -0.15) is 0 Å². The third-order valence-electron chi connectivity index (χ3n) is 1.95. The Bertz CT molecular complexity index is 466. The van der Waals surface area contributed by atoms with E-state index in [1.165, 1.54) is 13.2 Å². The molecule has 0 atom stereocenters. The van der Waals surface area contributed by atoms with Crippen molar-refractivity contribution >= 4 is 41.2 Å². The number of amides is 1. The lowest BCUT2D eigenvalue weighted by molar-refractivity contribution is -0.140. The minimum atomic E-state index is -0.512. The third-order valence-corrected chi connectivity index (χ3v) is 2.38. The average molecular weight is 288 g/mol. The lowest BCUT2D eigenvalue weighted by Gasteiger charge is -2.00. The number of ether oxygens (including phenoxy) is 1. The van der Waals surface area contributed by atoms with Gasteiger partial charge < -0.3 is 10.1 Å². The number of methoxy groups -OCH3 is 1. The lowest BCUT2D eigenvalue weighted by Crippen LogP contribution is -2.28. The highest BCUT2D eigenvalue weighted by Gasteiger charge is 2.02. The zero-order chi connectivity index (χ0) is 13.5. The predicted molar refractivity (Wildman–Crippen MR) is 70.5 cm³/mol. The summed E-state index contributed by atoms with van der Waals surface area (Å²) in [5.41, 5.74) is 0.695. The van der Waals surface area contributed by atoms with Gasteiger partial charge in [-0.1, -0.05) is 23.2 Å². The summed E-state index contributed by atoms with van der Waals surface area (Å²) in [6.45, 7) is -0.171. The number of hydrogen-bond acceptors (Lipinski definition) is 3. The highest BCUT2D eigenvalue weighted by molar-refractivity contribution is 6.34. The second-order valence-electron chi connectivity index (χ2n) is 3.33. The average Bonchev–Trinajstić information content (AvgIpc) is 2.32. The molecule has 1 aromatic carbocycles. The van der Waals surface area contributed by atoms with Crippen LogP contribution in [0.5, 0.6) is 0 Å². The molecule has 0 bridgehead atoms. The van der Waals surface area contributed by atoms with E-state index in [-0.39, 0.29) is 6.54 Å². The summed E-state index contributed by atoms with van der Waals surface area (Å²) < 4.78 is 4.38. The van der Waals surface area contributed by atoms with E-state index in [9.17, 15) is 9.59 Å². The van der Waals surface area contributed by atoms with Gasteiger partial charge in [-0.25, -0.2) is 0 Å². The van der Waals surface area contributed by atoms with Crippen molar-refractivity contribution < 1.29 is 14.3 Å². The van der Waals surface area contributed by atoms with Gasteiger partial charge in [-0.05, 0) is 29.8 Å². The Hall–Kier alpha value is -1.52. The molecule has 0 aromatic heterocycles. The van der Waals surface area contributed by atoms with Crippen molar-refractivity contribution in [3.8, 4) is 0 Å². The first-order valence-electron chi connectivity index (χ1n) is 5.00. The van der Waals surface area contributed by atoms with Crippen molar-refractivity contribution in [3.63, 3.8) is 0 Å². The summed E-state index contributed by atoms with van der Waals surface area (Å²) in [7, 11) is 1.25. The number of halogens is 2. The van der Waals surface area contributed by atoms with E-state index in [1.807, 2.05) is 0 Å². The van der Waals surface area contributed by atoms with Crippen LogP contribution in [0.2, 0.25) is 10.0 Å². The molecule has 1 N–H and O–H groups in total. The molecule has 0 heterocycles. The maximum absolute atomic E-state index is 11.3. The highest BCUT2D eigenvalue weighted by atomic mass is 35.5. The van der Waals surface area contributed by atoms with Crippen molar-refractivity contribution in [2.75, 3.05) is 13.7 Å². The second-order valence-corrected chi connectivity index (χ2v) is 4.20. The minimum Gasteiger partial charge on any atom is -0.468 e. The fraction of sp³-hybridized carbons (Fsp3) is 0.167. The number of rotatable bonds is 4. The molecule has 1 aromatic rings. The van der Waals surface area contributed by atoms with E-state index < -0.39 is 11.9 Å². The molecule has 0 fully saturated rings. The summed E-state index contributed by atoms with van der Waals surface area (Å²) in [6.07, 6.45) is 2.83. The van der Waals surface area contributed by atoms with Crippen LogP contribution in [0.4, 0.5) is 0 Å². The van der Waals surface area contributed by atoms with Crippen molar-refractivity contribution in [2.24, 2.45) is 0 Å². The molecule has 0 saturated carbocycles. The lowest BCUT2D eigenvalue weighted by atomic mass is 10.2. The Morgan fingerprint density at radius 1 is 1.28 bits per heavy atom. The van der Waals surface area contributed by atoms with Gasteiger partial charge in [0.05, 0.1) is 7.11 Å². The van der Waals surface area contributed by atoms with E-state index in [0.717, 1.165) is 0 Å². The topological polar surface area (TPSA) is 55.4 Å². The van der Waals surface area contributed by atoms with Crippen LogP contribution in [0.1, 0.15) is 5.56 Å². The SMILES string of the molecule is COC(=O)CNC(=O)/C=C/c1cc(Cl)cc(Cl)c1. The van der Waals surface area contributed by atoms with Gasteiger partial charge in [0.1, 0.15) is 6.54 Å². The molecule has 0 aliphatic rings. The van der Waals surface area contributed by atoms with Gasteiger partial charge in [0.25, 0.3) is 0 Å². The zero-order valence-corrected chi connectivity index (χ0v) is 11.1. The third kappa shape index (κ3) is 5.21. The van der Waals surface area contributed by atoms with E-state index >= 15 is 0 Å². The van der Waals surface area contributed by atoms with Crippen molar-refractivity contribution in [1.82, 2.24) is 5.32 Å². The van der Waals surface area contributed by atoms with E-state index in [1.54, 1.807) is 24.3 Å². The summed E-state index contributed by atoms with van der Waals surface area (Å²) >= 11 is 11.6. The molecule has 96 valence electrons. The van der Waals surface area contributed by atoms with Gasteiger partial charge in [0.15, 0.2) is 0 Å². The summed E-state index contributed by atoms with van der Waals surface area (Å²) in [6, 6.07) is 4.92. The first kappa shape index (κ1) is 14.5. The van der Waals surface area contributed by atoms with Crippen LogP contribution in [-0.4, -0.2) is 25.5 Å². The molecule has 1 rings (SSSR count). The number of esters is 1. The highest BCUT2D eigenvalue weighted by Crippen LogP contribution is 2.19. The second kappa shape index (κ2) is 7.03. The molecule has 0 aliphatic heterocycles. The van der Waals surface area contributed by atoms with Crippen LogP contribution in [0.25, 0.3) is 6.08 Å². The Morgan fingerprint density at radius 2 is 1.89 bits per heavy atom. The van der Waals surface area contributed by atoms with Crippen LogP contribution in [0, 0.1) is 0 Å². The molecule has 0 spiro atoms. The molecular formula is C12H11Cl2NO3. The maximum atomic E-state index is 11.3. The van der Waals surface area contributed by atoms with Crippen LogP contribution in [0.3, 0.4) is 0 Å². The van der Waals surface area contributed by atoms with Gasteiger partial charge in [0.2, 0.25) is 5.91 Å². The Kier molecular flexibility index (Phi) is 5.68.